The molecule has 32 heavy (non-hydrogen) atoms. The highest BCUT2D eigenvalue weighted by Crippen LogP contribution is 2.38. The molecule has 0 saturated heterocycles. The number of hydrogen-bond acceptors (Lipinski definition) is 5. The van der Waals surface area contributed by atoms with Crippen molar-refractivity contribution < 1.29 is 4.79 Å². The zero-order chi connectivity index (χ0) is 21.9. The summed E-state index contributed by atoms with van der Waals surface area (Å²) in [6, 6.07) is 18.2. The van der Waals surface area contributed by atoms with E-state index in [2.05, 4.69) is 31.0 Å². The maximum atomic E-state index is 12.5. The third-order valence-corrected chi connectivity index (χ3v) is 5.96. The third-order valence-electron chi connectivity index (χ3n) is 4.84. The van der Waals surface area contributed by atoms with Gasteiger partial charge in [0.2, 0.25) is 0 Å². The zero-order valence-electron chi connectivity index (χ0n) is 16.6. The molecule has 3 heterocycles. The summed E-state index contributed by atoms with van der Waals surface area (Å²) >= 11 is 7.56. The summed E-state index contributed by atoms with van der Waals surface area (Å²) in [4.78, 5) is 26.5. The molecule has 156 valence electrons. The lowest BCUT2D eigenvalue weighted by Gasteiger charge is -2.10. The Kier molecular flexibility index (Phi) is 5.49. The van der Waals surface area contributed by atoms with Crippen LogP contribution in [0.4, 0.5) is 16.2 Å². The van der Waals surface area contributed by atoms with E-state index in [1.165, 1.54) is 0 Å². The van der Waals surface area contributed by atoms with Gasteiger partial charge in [0.05, 0.1) is 5.69 Å². The molecule has 5 aromatic rings. The summed E-state index contributed by atoms with van der Waals surface area (Å²) in [5, 5.41) is 9.26. The number of amides is 2. The summed E-state index contributed by atoms with van der Waals surface area (Å²) in [6.07, 6.45) is 5.10. The number of carbonyl (C=O) groups is 1. The van der Waals surface area contributed by atoms with Gasteiger partial charge in [0.25, 0.3) is 0 Å². The van der Waals surface area contributed by atoms with E-state index >= 15 is 0 Å². The van der Waals surface area contributed by atoms with Gasteiger partial charge in [0, 0.05) is 50.7 Å². The smallest absolute Gasteiger partial charge is 0.308 e. The number of carbonyl (C=O) groups excluding carboxylic acids is 1. The van der Waals surface area contributed by atoms with E-state index in [4.69, 9.17) is 11.6 Å². The van der Waals surface area contributed by atoms with E-state index in [-0.39, 0.29) is 6.03 Å². The van der Waals surface area contributed by atoms with Gasteiger partial charge >= 0.3 is 6.03 Å². The standard InChI is InChI=1S/C24H16ClN5OS/c25-17-4-2-6-19(12-17)30-24(31)29-18-5-1-3-16(11-18)22-21-20(15-7-9-26-10-8-15)13-32-23(21)28-14-27-22/h1-14H,(H2,29,30,31). The molecule has 0 aliphatic rings. The Hall–Kier alpha value is -3.81. The predicted molar refractivity (Wildman–Crippen MR) is 130 cm³/mol. The molecule has 0 fully saturated rings. The number of thiophene rings is 1. The summed E-state index contributed by atoms with van der Waals surface area (Å²) < 4.78 is 0. The average Bonchev–Trinajstić information content (AvgIpc) is 3.24. The second-order valence-corrected chi connectivity index (χ2v) is 8.25. The van der Waals surface area contributed by atoms with Crippen molar-refractivity contribution in [3.05, 3.63) is 89.8 Å². The van der Waals surface area contributed by atoms with Crippen LogP contribution in [0.1, 0.15) is 0 Å². The van der Waals surface area contributed by atoms with E-state index in [9.17, 15) is 4.79 Å². The monoisotopic (exact) mass is 457 g/mol. The SMILES string of the molecule is O=C(Nc1cccc(Cl)c1)Nc1cccc(-c2ncnc3scc(-c4ccncc4)c23)c1. The first-order chi connectivity index (χ1) is 15.7. The Balaban J connectivity index is 1.47. The van der Waals surface area contributed by atoms with Crippen molar-refractivity contribution in [2.24, 2.45) is 0 Å². The lowest BCUT2D eigenvalue weighted by Crippen LogP contribution is -2.19. The molecule has 5 rings (SSSR count). The fourth-order valence-electron chi connectivity index (χ4n) is 3.44. The molecule has 0 bridgehead atoms. The molecule has 0 radical (unpaired) electrons. The topological polar surface area (TPSA) is 79.8 Å². The third kappa shape index (κ3) is 4.16. The molecular formula is C24H16ClN5OS. The van der Waals surface area contributed by atoms with Crippen LogP contribution in [0.15, 0.2) is 84.8 Å². The van der Waals surface area contributed by atoms with Crippen LogP contribution in [-0.2, 0) is 0 Å². The maximum absolute atomic E-state index is 12.5. The quantitative estimate of drug-likeness (QED) is 0.314. The van der Waals surface area contributed by atoms with Crippen molar-refractivity contribution in [3.63, 3.8) is 0 Å². The van der Waals surface area contributed by atoms with Crippen molar-refractivity contribution in [1.82, 2.24) is 15.0 Å². The van der Waals surface area contributed by atoms with Crippen molar-refractivity contribution in [1.29, 1.82) is 0 Å². The molecule has 6 nitrogen and oxygen atoms in total. The van der Waals surface area contributed by atoms with Crippen molar-refractivity contribution in [3.8, 4) is 22.4 Å². The molecular weight excluding hydrogens is 442 g/mol. The number of urea groups is 1. The fourth-order valence-corrected chi connectivity index (χ4v) is 4.55. The molecule has 2 amide bonds. The number of nitrogens with one attached hydrogen (secondary N) is 2. The van der Waals surface area contributed by atoms with E-state index < -0.39 is 0 Å². The van der Waals surface area contributed by atoms with Crippen LogP contribution in [0, 0.1) is 0 Å². The van der Waals surface area contributed by atoms with E-state index in [0.717, 1.165) is 32.6 Å². The molecule has 0 spiro atoms. The van der Waals surface area contributed by atoms with Gasteiger partial charge in [0.1, 0.15) is 11.2 Å². The normalized spacial score (nSPS) is 10.8. The van der Waals surface area contributed by atoms with Crippen LogP contribution >= 0.6 is 22.9 Å². The first kappa shape index (κ1) is 20.1. The highest BCUT2D eigenvalue weighted by molar-refractivity contribution is 7.17. The van der Waals surface area contributed by atoms with Gasteiger partial charge in [-0.15, -0.1) is 11.3 Å². The number of fused-ring (bicyclic) bond motifs is 1. The molecule has 0 unspecified atom stereocenters. The number of halogens is 1. The Morgan fingerprint density at radius 2 is 1.62 bits per heavy atom. The van der Waals surface area contributed by atoms with Gasteiger partial charge in [0.15, 0.2) is 0 Å². The van der Waals surface area contributed by atoms with Crippen molar-refractivity contribution in [2.75, 3.05) is 10.6 Å². The van der Waals surface area contributed by atoms with Crippen LogP contribution in [0.5, 0.6) is 0 Å². The minimum atomic E-state index is -0.356. The zero-order valence-corrected chi connectivity index (χ0v) is 18.2. The summed E-state index contributed by atoms with van der Waals surface area (Å²) in [6.45, 7) is 0. The molecule has 0 aliphatic heterocycles. The molecule has 2 N–H and O–H groups in total. The van der Waals surface area contributed by atoms with Gasteiger partial charge in [-0.1, -0.05) is 29.8 Å². The van der Waals surface area contributed by atoms with Crippen LogP contribution < -0.4 is 10.6 Å². The van der Waals surface area contributed by atoms with Gasteiger partial charge in [-0.3, -0.25) is 4.98 Å². The average molecular weight is 458 g/mol. The number of aromatic nitrogens is 3. The van der Waals surface area contributed by atoms with E-state index in [1.807, 2.05) is 36.4 Å². The summed E-state index contributed by atoms with van der Waals surface area (Å²) in [7, 11) is 0. The van der Waals surface area contributed by atoms with Crippen molar-refractivity contribution >= 4 is 50.6 Å². The predicted octanol–water partition coefficient (Wildman–Crippen LogP) is 6.72. The van der Waals surface area contributed by atoms with Crippen LogP contribution in [0.3, 0.4) is 0 Å². The minimum absolute atomic E-state index is 0.356. The lowest BCUT2D eigenvalue weighted by atomic mass is 10.0. The molecule has 8 heteroatoms. The largest absolute Gasteiger partial charge is 0.323 e. The van der Waals surface area contributed by atoms with Gasteiger partial charge in [-0.25, -0.2) is 14.8 Å². The molecule has 2 aromatic carbocycles. The Morgan fingerprint density at radius 1 is 0.875 bits per heavy atom. The number of rotatable bonds is 4. The molecule has 0 aliphatic carbocycles. The number of nitrogens with zero attached hydrogens (tertiary/aromatic N) is 3. The Labute approximate surface area is 193 Å². The second-order valence-electron chi connectivity index (χ2n) is 6.96. The maximum Gasteiger partial charge on any atom is 0.323 e. The fraction of sp³-hybridized carbons (Fsp3) is 0. The number of benzene rings is 2. The minimum Gasteiger partial charge on any atom is -0.308 e. The van der Waals surface area contributed by atoms with Crippen LogP contribution in [-0.4, -0.2) is 21.0 Å². The Bertz CT molecular complexity index is 1420. The summed E-state index contributed by atoms with van der Waals surface area (Å²) in [5.41, 5.74) is 5.06. The lowest BCUT2D eigenvalue weighted by molar-refractivity contribution is 0.262. The second kappa shape index (κ2) is 8.74. The Morgan fingerprint density at radius 3 is 2.41 bits per heavy atom. The van der Waals surface area contributed by atoms with Crippen LogP contribution in [0.2, 0.25) is 5.02 Å². The molecule has 0 saturated carbocycles. The number of hydrogen-bond donors (Lipinski definition) is 2. The van der Waals surface area contributed by atoms with E-state index in [0.29, 0.717) is 16.4 Å². The summed E-state index contributed by atoms with van der Waals surface area (Å²) in [5.74, 6) is 0. The first-order valence-electron chi connectivity index (χ1n) is 9.74. The van der Waals surface area contributed by atoms with Gasteiger partial charge < -0.3 is 10.6 Å². The van der Waals surface area contributed by atoms with Gasteiger partial charge in [-0.05, 0) is 48.0 Å². The van der Waals surface area contributed by atoms with Crippen LogP contribution in [0.25, 0.3) is 32.6 Å². The number of anilines is 2. The van der Waals surface area contributed by atoms with E-state index in [1.54, 1.807) is 54.3 Å². The number of pyridine rings is 1. The molecule has 3 aromatic heterocycles. The van der Waals surface area contributed by atoms with Gasteiger partial charge in [-0.2, -0.15) is 0 Å². The highest BCUT2D eigenvalue weighted by Gasteiger charge is 2.15. The first-order valence-corrected chi connectivity index (χ1v) is 11.0. The highest BCUT2D eigenvalue weighted by atomic mass is 35.5. The van der Waals surface area contributed by atoms with Crippen molar-refractivity contribution in [2.45, 2.75) is 0 Å². The molecule has 0 atom stereocenters.